The first-order valence-electron chi connectivity index (χ1n) is 6.72. The minimum absolute atomic E-state index is 0.293. The van der Waals surface area contributed by atoms with E-state index in [9.17, 15) is 4.79 Å². The Morgan fingerprint density at radius 1 is 0.842 bits per heavy atom. The third kappa shape index (κ3) is 1.45. The van der Waals surface area contributed by atoms with E-state index in [0.29, 0.717) is 12.2 Å². The molecule has 0 amide bonds. The maximum absolute atomic E-state index is 11.8. The van der Waals surface area contributed by atoms with E-state index in [1.807, 2.05) is 6.07 Å². The lowest BCUT2D eigenvalue weighted by Gasteiger charge is -2.08. The number of carbonyl (C=O) groups is 1. The van der Waals surface area contributed by atoms with Gasteiger partial charge in [0.2, 0.25) is 0 Å². The maximum Gasteiger partial charge on any atom is 0.163 e. The van der Waals surface area contributed by atoms with E-state index in [4.69, 9.17) is 0 Å². The van der Waals surface area contributed by atoms with Crippen LogP contribution in [0.3, 0.4) is 0 Å². The van der Waals surface area contributed by atoms with Gasteiger partial charge in [0.05, 0.1) is 0 Å². The van der Waals surface area contributed by atoms with Crippen LogP contribution in [0.5, 0.6) is 0 Å². The third-order valence-corrected chi connectivity index (χ3v) is 4.19. The van der Waals surface area contributed by atoms with Gasteiger partial charge in [0.1, 0.15) is 0 Å². The van der Waals surface area contributed by atoms with Crippen molar-refractivity contribution < 1.29 is 4.79 Å². The van der Waals surface area contributed by atoms with Crippen LogP contribution in [0, 0.1) is 6.92 Å². The molecule has 0 heterocycles. The molecule has 3 aromatic carbocycles. The van der Waals surface area contributed by atoms with Crippen molar-refractivity contribution in [1.82, 2.24) is 0 Å². The second kappa shape index (κ2) is 3.67. The number of benzene rings is 3. The van der Waals surface area contributed by atoms with Crippen LogP contribution >= 0.6 is 0 Å². The molecule has 1 aliphatic carbocycles. The van der Waals surface area contributed by atoms with Gasteiger partial charge in [-0.05, 0) is 40.5 Å². The molecule has 0 spiro atoms. The summed E-state index contributed by atoms with van der Waals surface area (Å²) in [6, 6.07) is 15.0. The SMILES string of the molecule is Cc1ccc2c(ccc3c4c(ccc32)C(=O)CC4)c1. The first-order valence-corrected chi connectivity index (χ1v) is 6.72. The maximum atomic E-state index is 11.8. The van der Waals surface area contributed by atoms with Crippen molar-refractivity contribution in [2.24, 2.45) is 0 Å². The zero-order chi connectivity index (χ0) is 13.0. The van der Waals surface area contributed by atoms with Crippen molar-refractivity contribution in [3.8, 4) is 0 Å². The minimum Gasteiger partial charge on any atom is -0.294 e. The number of carbonyl (C=O) groups excluding carboxylic acids is 1. The summed E-state index contributed by atoms with van der Waals surface area (Å²) in [7, 11) is 0. The standard InChI is InChI=1S/C18H14O/c1-11-2-4-13-12(10-11)3-5-15-14(13)6-7-17-16(15)8-9-18(17)19/h2-7,10H,8-9H2,1H3. The summed E-state index contributed by atoms with van der Waals surface area (Å²) < 4.78 is 0. The van der Waals surface area contributed by atoms with Crippen LogP contribution in [-0.2, 0) is 6.42 Å². The summed E-state index contributed by atoms with van der Waals surface area (Å²) in [5.74, 6) is 0.293. The van der Waals surface area contributed by atoms with Crippen LogP contribution in [0.1, 0.15) is 27.9 Å². The van der Waals surface area contributed by atoms with Crippen LogP contribution in [0.15, 0.2) is 42.5 Å². The van der Waals surface area contributed by atoms with Gasteiger partial charge in [0.25, 0.3) is 0 Å². The average molecular weight is 246 g/mol. The summed E-state index contributed by atoms with van der Waals surface area (Å²) in [5.41, 5.74) is 3.45. The number of hydrogen-bond acceptors (Lipinski definition) is 1. The number of Topliss-reactive ketones (excluding diaryl/α,β-unsaturated/α-hetero) is 1. The molecule has 0 N–H and O–H groups in total. The van der Waals surface area contributed by atoms with Gasteiger partial charge in [-0.15, -0.1) is 0 Å². The average Bonchev–Trinajstić information content (AvgIpc) is 2.80. The number of ketones is 1. The topological polar surface area (TPSA) is 17.1 Å². The second-order valence-corrected chi connectivity index (χ2v) is 5.40. The quantitative estimate of drug-likeness (QED) is 0.536. The first-order chi connectivity index (χ1) is 9.24. The molecular weight excluding hydrogens is 232 g/mol. The molecule has 4 rings (SSSR count). The summed E-state index contributed by atoms with van der Waals surface area (Å²) in [5, 5.41) is 5.08. The van der Waals surface area contributed by atoms with Gasteiger partial charge in [-0.2, -0.15) is 0 Å². The van der Waals surface area contributed by atoms with E-state index in [1.54, 1.807) is 0 Å². The summed E-state index contributed by atoms with van der Waals surface area (Å²) in [4.78, 5) is 11.8. The van der Waals surface area contributed by atoms with Gasteiger partial charge in [-0.25, -0.2) is 0 Å². The van der Waals surface area contributed by atoms with Gasteiger partial charge >= 0.3 is 0 Å². The molecule has 0 fully saturated rings. The van der Waals surface area contributed by atoms with Crippen molar-refractivity contribution >= 4 is 27.3 Å². The summed E-state index contributed by atoms with van der Waals surface area (Å²) >= 11 is 0. The van der Waals surface area contributed by atoms with Crippen LogP contribution in [0.25, 0.3) is 21.5 Å². The Labute approximate surface area is 111 Å². The zero-order valence-electron chi connectivity index (χ0n) is 10.9. The fourth-order valence-corrected chi connectivity index (χ4v) is 3.23. The molecule has 0 saturated heterocycles. The lowest BCUT2D eigenvalue weighted by Crippen LogP contribution is -1.91. The number of aryl methyl sites for hydroxylation is 2. The van der Waals surface area contributed by atoms with E-state index >= 15 is 0 Å². The molecule has 92 valence electrons. The zero-order valence-corrected chi connectivity index (χ0v) is 10.9. The highest BCUT2D eigenvalue weighted by Crippen LogP contribution is 2.34. The molecular formula is C18H14O. The monoisotopic (exact) mass is 246 g/mol. The fourth-order valence-electron chi connectivity index (χ4n) is 3.23. The minimum atomic E-state index is 0.293. The Kier molecular flexibility index (Phi) is 2.08. The highest BCUT2D eigenvalue weighted by molar-refractivity contribution is 6.13. The molecule has 1 heteroatoms. The molecule has 0 saturated carbocycles. The van der Waals surface area contributed by atoms with Gasteiger partial charge in [-0.3, -0.25) is 4.79 Å². The highest BCUT2D eigenvalue weighted by atomic mass is 16.1. The van der Waals surface area contributed by atoms with Crippen LogP contribution in [0.2, 0.25) is 0 Å². The third-order valence-electron chi connectivity index (χ3n) is 4.19. The van der Waals surface area contributed by atoms with E-state index in [2.05, 4.69) is 43.3 Å². The van der Waals surface area contributed by atoms with E-state index in [-0.39, 0.29) is 0 Å². The molecule has 0 atom stereocenters. The molecule has 1 nitrogen and oxygen atoms in total. The fraction of sp³-hybridized carbons (Fsp3) is 0.167. The predicted molar refractivity (Wildman–Crippen MR) is 78.8 cm³/mol. The van der Waals surface area contributed by atoms with Crippen LogP contribution < -0.4 is 0 Å². The number of rotatable bonds is 0. The summed E-state index contributed by atoms with van der Waals surface area (Å²) in [6.07, 6.45) is 1.56. The van der Waals surface area contributed by atoms with Crippen molar-refractivity contribution in [1.29, 1.82) is 0 Å². The first kappa shape index (κ1) is 10.7. The molecule has 19 heavy (non-hydrogen) atoms. The molecule has 0 bridgehead atoms. The molecule has 0 aliphatic heterocycles. The van der Waals surface area contributed by atoms with E-state index in [1.165, 1.54) is 32.7 Å². The predicted octanol–water partition coefficient (Wildman–Crippen LogP) is 4.43. The largest absolute Gasteiger partial charge is 0.294 e. The van der Waals surface area contributed by atoms with Gasteiger partial charge in [0.15, 0.2) is 5.78 Å². The summed E-state index contributed by atoms with van der Waals surface area (Å²) in [6.45, 7) is 2.12. The Hall–Kier alpha value is -2.15. The Morgan fingerprint density at radius 3 is 2.53 bits per heavy atom. The lowest BCUT2D eigenvalue weighted by atomic mass is 9.95. The molecule has 3 aromatic rings. The van der Waals surface area contributed by atoms with Crippen molar-refractivity contribution in [3.63, 3.8) is 0 Å². The van der Waals surface area contributed by atoms with Crippen molar-refractivity contribution in [3.05, 3.63) is 59.2 Å². The van der Waals surface area contributed by atoms with Crippen molar-refractivity contribution in [2.75, 3.05) is 0 Å². The lowest BCUT2D eigenvalue weighted by molar-refractivity contribution is 0.0994. The van der Waals surface area contributed by atoms with Gasteiger partial charge in [-0.1, -0.05) is 48.0 Å². The van der Waals surface area contributed by atoms with Gasteiger partial charge in [0, 0.05) is 12.0 Å². The highest BCUT2D eigenvalue weighted by Gasteiger charge is 2.21. The molecule has 0 radical (unpaired) electrons. The Balaban J connectivity index is 2.16. The molecule has 0 unspecified atom stereocenters. The molecule has 1 aliphatic rings. The number of fused-ring (bicyclic) bond motifs is 5. The van der Waals surface area contributed by atoms with Crippen LogP contribution in [-0.4, -0.2) is 5.78 Å². The van der Waals surface area contributed by atoms with E-state index in [0.717, 1.165) is 12.0 Å². The molecule has 0 aromatic heterocycles. The van der Waals surface area contributed by atoms with E-state index < -0.39 is 0 Å². The smallest absolute Gasteiger partial charge is 0.163 e. The Bertz CT molecular complexity index is 843. The Morgan fingerprint density at radius 2 is 1.63 bits per heavy atom. The van der Waals surface area contributed by atoms with Gasteiger partial charge < -0.3 is 0 Å². The number of hydrogen-bond donors (Lipinski definition) is 0. The van der Waals surface area contributed by atoms with Crippen LogP contribution in [0.4, 0.5) is 0 Å². The second-order valence-electron chi connectivity index (χ2n) is 5.40. The normalized spacial score (nSPS) is 14.3. The van der Waals surface area contributed by atoms with Crippen molar-refractivity contribution in [2.45, 2.75) is 19.8 Å².